The molecule has 0 aromatic heterocycles. The van der Waals surface area contributed by atoms with Crippen LogP contribution in [0.4, 0.5) is 5.69 Å². The van der Waals surface area contributed by atoms with Crippen molar-refractivity contribution in [1.82, 2.24) is 5.32 Å². The van der Waals surface area contributed by atoms with E-state index in [4.69, 9.17) is 0 Å². The van der Waals surface area contributed by atoms with Gasteiger partial charge >= 0.3 is 0 Å². The fourth-order valence-electron chi connectivity index (χ4n) is 2.45. The van der Waals surface area contributed by atoms with E-state index in [-0.39, 0.29) is 16.7 Å². The fraction of sp³-hybridized carbons (Fsp3) is 0.533. The van der Waals surface area contributed by atoms with E-state index in [2.05, 4.69) is 11.4 Å². The zero-order valence-electron chi connectivity index (χ0n) is 12.2. The molecule has 1 fully saturated rings. The lowest BCUT2D eigenvalue weighted by Crippen LogP contribution is -2.51. The van der Waals surface area contributed by atoms with Gasteiger partial charge in [-0.15, -0.1) is 11.8 Å². The molecule has 6 heteroatoms. The predicted molar refractivity (Wildman–Crippen MR) is 83.2 cm³/mol. The van der Waals surface area contributed by atoms with Gasteiger partial charge in [-0.05, 0) is 38.7 Å². The minimum Gasteiger partial charge on any atom is -0.296 e. The molecule has 1 saturated carbocycles. The van der Waals surface area contributed by atoms with Crippen molar-refractivity contribution < 1.29 is 4.92 Å². The second-order valence-electron chi connectivity index (χ2n) is 5.67. The van der Waals surface area contributed by atoms with Crippen molar-refractivity contribution in [2.45, 2.75) is 43.2 Å². The third-order valence-electron chi connectivity index (χ3n) is 3.54. The van der Waals surface area contributed by atoms with Crippen LogP contribution in [0.1, 0.15) is 26.7 Å². The monoisotopic (exact) mass is 305 g/mol. The van der Waals surface area contributed by atoms with E-state index in [9.17, 15) is 15.4 Å². The summed E-state index contributed by atoms with van der Waals surface area (Å²) in [6.45, 7) is 4.04. The third kappa shape index (κ3) is 3.74. The van der Waals surface area contributed by atoms with Gasteiger partial charge in [-0.25, -0.2) is 0 Å². The number of rotatable bonds is 7. The smallest absolute Gasteiger partial charge is 0.282 e. The van der Waals surface area contributed by atoms with Gasteiger partial charge in [0.15, 0.2) is 0 Å². The van der Waals surface area contributed by atoms with E-state index in [1.807, 2.05) is 13.8 Å². The summed E-state index contributed by atoms with van der Waals surface area (Å²) in [6, 6.07) is 9.33. The van der Waals surface area contributed by atoms with Crippen molar-refractivity contribution in [2.24, 2.45) is 5.92 Å². The summed E-state index contributed by atoms with van der Waals surface area (Å²) in [5.74, 6) is 0.872. The lowest BCUT2D eigenvalue weighted by Gasteiger charge is -2.30. The maximum absolute atomic E-state index is 11.1. The molecule has 1 N–H and O–H groups in total. The molecule has 0 heterocycles. The molecule has 0 aliphatic heterocycles. The number of nitrogens with one attached hydrogen (secondary N) is 1. The summed E-state index contributed by atoms with van der Waals surface area (Å²) in [6.07, 6.45) is 2.09. The van der Waals surface area contributed by atoms with Gasteiger partial charge in [0.05, 0.1) is 15.9 Å². The van der Waals surface area contributed by atoms with E-state index in [1.165, 1.54) is 17.8 Å². The molecule has 5 nitrogen and oxygen atoms in total. The molecule has 1 aromatic rings. The van der Waals surface area contributed by atoms with Gasteiger partial charge in [0.2, 0.25) is 0 Å². The van der Waals surface area contributed by atoms with Crippen LogP contribution in [-0.4, -0.2) is 22.3 Å². The van der Waals surface area contributed by atoms with Crippen molar-refractivity contribution >= 4 is 17.4 Å². The number of nitro benzene ring substituents is 1. The summed E-state index contributed by atoms with van der Waals surface area (Å²) in [5.41, 5.74) is -0.489. The highest BCUT2D eigenvalue weighted by Crippen LogP contribution is 2.43. The van der Waals surface area contributed by atoms with Crippen LogP contribution in [0.25, 0.3) is 0 Å². The fourth-order valence-corrected chi connectivity index (χ4v) is 3.68. The van der Waals surface area contributed by atoms with Crippen molar-refractivity contribution in [2.75, 3.05) is 5.75 Å². The lowest BCUT2D eigenvalue weighted by atomic mass is 9.96. The minimum absolute atomic E-state index is 0.106. The Morgan fingerprint density at radius 1 is 1.52 bits per heavy atom. The summed E-state index contributed by atoms with van der Waals surface area (Å²) in [7, 11) is 0. The zero-order valence-corrected chi connectivity index (χ0v) is 13.0. The number of nitro groups is 1. The molecule has 1 aliphatic rings. The van der Waals surface area contributed by atoms with E-state index >= 15 is 0 Å². The van der Waals surface area contributed by atoms with Gasteiger partial charge in [-0.1, -0.05) is 12.1 Å². The lowest BCUT2D eigenvalue weighted by molar-refractivity contribution is -0.387. The average molecular weight is 305 g/mol. The Kier molecular flexibility index (Phi) is 4.86. The summed E-state index contributed by atoms with van der Waals surface area (Å²) in [4.78, 5) is 11.3. The molecular formula is C15H19N3O2S. The van der Waals surface area contributed by atoms with Crippen LogP contribution in [0, 0.1) is 27.4 Å². The number of benzene rings is 1. The van der Waals surface area contributed by atoms with Crippen molar-refractivity contribution in [3.63, 3.8) is 0 Å². The highest BCUT2D eigenvalue weighted by molar-refractivity contribution is 7.99. The van der Waals surface area contributed by atoms with Gasteiger partial charge in [0.25, 0.3) is 5.69 Å². The number of hydrogen-bond donors (Lipinski definition) is 1. The van der Waals surface area contributed by atoms with Crippen LogP contribution >= 0.6 is 11.8 Å². The third-order valence-corrected chi connectivity index (χ3v) is 4.79. The minimum atomic E-state index is -0.595. The number of para-hydroxylation sites is 1. The Balaban J connectivity index is 2.16. The van der Waals surface area contributed by atoms with Gasteiger partial charge in [0.1, 0.15) is 5.54 Å². The molecule has 2 rings (SSSR count). The van der Waals surface area contributed by atoms with E-state index in [0.29, 0.717) is 16.6 Å². The predicted octanol–water partition coefficient (Wildman–Crippen LogP) is 3.36. The molecule has 1 unspecified atom stereocenters. The number of nitriles is 1. The normalized spacial score (nSPS) is 17.2. The first kappa shape index (κ1) is 15.8. The molecule has 1 aromatic carbocycles. The first-order valence-electron chi connectivity index (χ1n) is 7.03. The number of nitrogens with zero attached hydrogens (tertiary/aromatic N) is 2. The Hall–Kier alpha value is -1.58. The molecular weight excluding hydrogens is 286 g/mol. The quantitative estimate of drug-likeness (QED) is 0.475. The number of hydrogen-bond acceptors (Lipinski definition) is 5. The standard InChI is InChI=1S/C15H19N3O2S/c1-11(2)17-15(9-16,12-7-8-12)10-21-14-6-4-3-5-13(14)18(19)20/h3-6,11-12,17H,7-8,10H2,1-2H3. The van der Waals surface area contributed by atoms with E-state index in [0.717, 1.165) is 12.8 Å². The van der Waals surface area contributed by atoms with Crippen molar-refractivity contribution in [3.8, 4) is 6.07 Å². The largest absolute Gasteiger partial charge is 0.296 e. The van der Waals surface area contributed by atoms with Gasteiger partial charge in [0, 0.05) is 17.9 Å². The maximum atomic E-state index is 11.1. The van der Waals surface area contributed by atoms with Crippen molar-refractivity contribution in [1.29, 1.82) is 5.26 Å². The highest BCUT2D eigenvalue weighted by Gasteiger charge is 2.46. The summed E-state index contributed by atoms with van der Waals surface area (Å²) >= 11 is 1.39. The average Bonchev–Trinajstić information content (AvgIpc) is 3.28. The molecule has 0 radical (unpaired) electrons. The van der Waals surface area contributed by atoms with Crippen LogP contribution in [0.15, 0.2) is 29.2 Å². The summed E-state index contributed by atoms with van der Waals surface area (Å²) < 4.78 is 0. The SMILES string of the molecule is CC(C)NC(C#N)(CSc1ccccc1[N+](=O)[O-])C1CC1. The van der Waals surface area contributed by atoms with E-state index in [1.54, 1.807) is 18.2 Å². The Bertz CT molecular complexity index is 566. The molecule has 1 aliphatic carbocycles. The first-order valence-corrected chi connectivity index (χ1v) is 8.02. The molecule has 0 bridgehead atoms. The second-order valence-corrected chi connectivity index (χ2v) is 6.69. The van der Waals surface area contributed by atoms with Crippen LogP contribution in [0.5, 0.6) is 0 Å². The molecule has 0 saturated heterocycles. The van der Waals surface area contributed by atoms with Gasteiger partial charge < -0.3 is 0 Å². The Labute approximate surface area is 128 Å². The van der Waals surface area contributed by atoms with Crippen molar-refractivity contribution in [3.05, 3.63) is 34.4 Å². The highest BCUT2D eigenvalue weighted by atomic mass is 32.2. The second kappa shape index (κ2) is 6.46. The van der Waals surface area contributed by atoms with Gasteiger partial charge in [-0.3, -0.25) is 15.4 Å². The maximum Gasteiger partial charge on any atom is 0.282 e. The van der Waals surface area contributed by atoms with Gasteiger partial charge in [-0.2, -0.15) is 5.26 Å². The van der Waals surface area contributed by atoms with Crippen LogP contribution in [-0.2, 0) is 0 Å². The molecule has 21 heavy (non-hydrogen) atoms. The molecule has 0 amide bonds. The molecule has 112 valence electrons. The van der Waals surface area contributed by atoms with E-state index < -0.39 is 5.54 Å². The van der Waals surface area contributed by atoms with Crippen LogP contribution in [0.3, 0.4) is 0 Å². The van der Waals surface area contributed by atoms with Crippen LogP contribution in [0.2, 0.25) is 0 Å². The molecule has 0 spiro atoms. The molecule has 1 atom stereocenters. The topological polar surface area (TPSA) is 79.0 Å². The first-order chi connectivity index (χ1) is 9.98. The number of thioether (sulfide) groups is 1. The van der Waals surface area contributed by atoms with Crippen LogP contribution < -0.4 is 5.32 Å². The Morgan fingerprint density at radius 3 is 2.71 bits per heavy atom. The summed E-state index contributed by atoms with van der Waals surface area (Å²) in [5, 5.41) is 24.1. The zero-order chi connectivity index (χ0) is 15.5. The Morgan fingerprint density at radius 2 is 2.19 bits per heavy atom.